The van der Waals surface area contributed by atoms with Gasteiger partial charge in [-0.1, -0.05) is 36.4 Å². The van der Waals surface area contributed by atoms with Crippen LogP contribution in [0.25, 0.3) is 10.8 Å². The third-order valence-corrected chi connectivity index (χ3v) is 2.82. The van der Waals surface area contributed by atoms with Crippen molar-refractivity contribution in [3.8, 4) is 5.75 Å². The first-order valence-electron chi connectivity index (χ1n) is 5.67. The molecule has 2 aromatic rings. The minimum absolute atomic E-state index is 0.505. The van der Waals surface area contributed by atoms with Crippen LogP contribution in [0, 0.1) is 0 Å². The Morgan fingerprint density at radius 1 is 0.944 bits per heavy atom. The predicted molar refractivity (Wildman–Crippen MR) is 71.0 cm³/mol. The lowest BCUT2D eigenvalue weighted by atomic mass is 10.1. The van der Waals surface area contributed by atoms with E-state index in [4.69, 9.17) is 4.74 Å². The molecule has 18 heavy (non-hydrogen) atoms. The number of carbonyl (C=O) groups excluding carboxylic acids is 1. The molecule has 0 spiro atoms. The lowest BCUT2D eigenvalue weighted by molar-refractivity contribution is 0.451. The maximum Gasteiger partial charge on any atom is 0.135 e. The number of ether oxygens (including phenoxy) is 1. The van der Waals surface area contributed by atoms with E-state index in [1.165, 1.54) is 0 Å². The molecule has 0 amide bonds. The highest BCUT2D eigenvalue weighted by molar-refractivity contribution is 5.88. The number of rotatable bonds is 2. The first kappa shape index (κ1) is 10.6. The summed E-state index contributed by atoms with van der Waals surface area (Å²) in [5, 5.41) is 2.18. The number of allylic oxidation sites excluding steroid dienone is 4. The molecule has 2 aromatic carbocycles. The number of fused-ring (bicyclic) bond motifs is 1. The fourth-order valence-corrected chi connectivity index (χ4v) is 1.96. The summed E-state index contributed by atoms with van der Waals surface area (Å²) in [5.74, 6) is 3.29. The molecule has 0 saturated carbocycles. The van der Waals surface area contributed by atoms with E-state index in [1.54, 1.807) is 18.2 Å². The lowest BCUT2D eigenvalue weighted by Gasteiger charge is -2.08. The fraction of sp³-hybridized carbons (Fsp3) is 0. The van der Waals surface area contributed by atoms with Gasteiger partial charge in [0.25, 0.3) is 0 Å². The van der Waals surface area contributed by atoms with E-state index in [1.807, 2.05) is 48.4 Å². The molecule has 0 aromatic heterocycles. The van der Waals surface area contributed by atoms with Crippen molar-refractivity contribution in [3.05, 3.63) is 72.0 Å². The van der Waals surface area contributed by atoms with E-state index in [0.717, 1.165) is 16.5 Å². The maximum atomic E-state index is 10.5. The van der Waals surface area contributed by atoms with E-state index < -0.39 is 0 Å². The average Bonchev–Trinajstić information content (AvgIpc) is 2.87. The SMILES string of the molecule is O=C=C1C=CC(Oc2cccc3ccccc23)=C1. The molecule has 0 unspecified atom stereocenters. The van der Waals surface area contributed by atoms with Gasteiger partial charge in [0, 0.05) is 5.39 Å². The molecular weight excluding hydrogens is 224 g/mol. The molecule has 0 bridgehead atoms. The zero-order valence-corrected chi connectivity index (χ0v) is 9.59. The van der Waals surface area contributed by atoms with Gasteiger partial charge in [-0.2, -0.15) is 0 Å². The molecule has 2 nitrogen and oxygen atoms in total. The minimum atomic E-state index is 0.505. The largest absolute Gasteiger partial charge is 0.457 e. The van der Waals surface area contributed by atoms with Crippen molar-refractivity contribution in [2.45, 2.75) is 0 Å². The van der Waals surface area contributed by atoms with Crippen LogP contribution < -0.4 is 4.74 Å². The van der Waals surface area contributed by atoms with Crippen molar-refractivity contribution in [1.82, 2.24) is 0 Å². The molecule has 0 N–H and O–H groups in total. The molecule has 0 atom stereocenters. The van der Waals surface area contributed by atoms with Gasteiger partial charge in [-0.05, 0) is 29.7 Å². The van der Waals surface area contributed by atoms with Crippen molar-refractivity contribution in [1.29, 1.82) is 0 Å². The molecule has 2 heteroatoms. The Labute approximate surface area is 105 Å². The smallest absolute Gasteiger partial charge is 0.135 e. The normalized spacial score (nSPS) is 13.6. The summed E-state index contributed by atoms with van der Waals surface area (Å²) in [7, 11) is 0. The first-order valence-corrected chi connectivity index (χ1v) is 5.67. The van der Waals surface area contributed by atoms with Crippen LogP contribution >= 0.6 is 0 Å². The van der Waals surface area contributed by atoms with Crippen LogP contribution in [0.15, 0.2) is 72.0 Å². The quantitative estimate of drug-likeness (QED) is 0.744. The topological polar surface area (TPSA) is 26.3 Å². The van der Waals surface area contributed by atoms with Gasteiger partial charge in [-0.25, -0.2) is 4.79 Å². The Hall–Kier alpha value is -2.57. The van der Waals surface area contributed by atoms with Crippen LogP contribution in [-0.2, 0) is 4.79 Å². The second-order valence-electron chi connectivity index (χ2n) is 4.02. The summed E-state index contributed by atoms with van der Waals surface area (Å²) in [6.07, 6.45) is 5.13. The summed E-state index contributed by atoms with van der Waals surface area (Å²) >= 11 is 0. The van der Waals surface area contributed by atoms with Gasteiger partial charge in [0.1, 0.15) is 17.5 Å². The molecule has 1 aliphatic carbocycles. The summed E-state index contributed by atoms with van der Waals surface area (Å²) in [6, 6.07) is 13.9. The molecule has 0 saturated heterocycles. The number of benzene rings is 2. The fourth-order valence-electron chi connectivity index (χ4n) is 1.96. The molecule has 86 valence electrons. The highest BCUT2D eigenvalue weighted by atomic mass is 16.5. The average molecular weight is 234 g/mol. The zero-order chi connectivity index (χ0) is 12.4. The highest BCUT2D eigenvalue weighted by Crippen LogP contribution is 2.28. The molecular formula is C16H10O2. The van der Waals surface area contributed by atoms with E-state index >= 15 is 0 Å². The van der Waals surface area contributed by atoms with Gasteiger partial charge >= 0.3 is 0 Å². The lowest BCUT2D eigenvalue weighted by Crippen LogP contribution is -1.91. The van der Waals surface area contributed by atoms with Crippen molar-refractivity contribution >= 4 is 16.7 Å². The van der Waals surface area contributed by atoms with Gasteiger partial charge in [-0.15, -0.1) is 0 Å². The zero-order valence-electron chi connectivity index (χ0n) is 9.59. The predicted octanol–water partition coefficient (Wildman–Crippen LogP) is 3.43. The van der Waals surface area contributed by atoms with Crippen molar-refractivity contribution in [2.75, 3.05) is 0 Å². The molecule has 0 heterocycles. The second kappa shape index (κ2) is 4.36. The third-order valence-electron chi connectivity index (χ3n) is 2.82. The number of hydrogen-bond acceptors (Lipinski definition) is 2. The maximum absolute atomic E-state index is 10.5. The summed E-state index contributed by atoms with van der Waals surface area (Å²) in [6.45, 7) is 0. The van der Waals surface area contributed by atoms with Crippen LogP contribution in [0.2, 0.25) is 0 Å². The van der Waals surface area contributed by atoms with Crippen molar-refractivity contribution < 1.29 is 9.53 Å². The Bertz CT molecular complexity index is 711. The Balaban J connectivity index is 2.02. The summed E-state index contributed by atoms with van der Waals surface area (Å²) < 4.78 is 5.80. The molecule has 1 aliphatic rings. The van der Waals surface area contributed by atoms with Crippen LogP contribution in [-0.4, -0.2) is 5.94 Å². The van der Waals surface area contributed by atoms with E-state index in [0.29, 0.717) is 11.3 Å². The second-order valence-corrected chi connectivity index (χ2v) is 4.02. The molecule has 3 rings (SSSR count). The van der Waals surface area contributed by atoms with E-state index in [-0.39, 0.29) is 0 Å². The molecule has 0 aliphatic heterocycles. The van der Waals surface area contributed by atoms with Crippen LogP contribution in [0.3, 0.4) is 0 Å². The minimum Gasteiger partial charge on any atom is -0.457 e. The van der Waals surface area contributed by atoms with Gasteiger partial charge in [0.05, 0.1) is 5.57 Å². The van der Waals surface area contributed by atoms with E-state index in [2.05, 4.69) is 0 Å². The van der Waals surface area contributed by atoms with Crippen LogP contribution in [0.4, 0.5) is 0 Å². The van der Waals surface area contributed by atoms with Gasteiger partial charge < -0.3 is 4.74 Å². The Morgan fingerprint density at radius 2 is 1.78 bits per heavy atom. The van der Waals surface area contributed by atoms with Crippen molar-refractivity contribution in [3.63, 3.8) is 0 Å². The van der Waals surface area contributed by atoms with Gasteiger partial charge in [-0.3, -0.25) is 0 Å². The molecule has 0 radical (unpaired) electrons. The Kier molecular flexibility index (Phi) is 2.56. The van der Waals surface area contributed by atoms with Crippen LogP contribution in [0.5, 0.6) is 5.75 Å². The first-order chi connectivity index (χ1) is 8.86. The Morgan fingerprint density at radius 3 is 2.61 bits per heavy atom. The third kappa shape index (κ3) is 1.86. The summed E-state index contributed by atoms with van der Waals surface area (Å²) in [5.41, 5.74) is 0.505. The summed E-state index contributed by atoms with van der Waals surface area (Å²) in [4.78, 5) is 10.5. The molecule has 0 fully saturated rings. The van der Waals surface area contributed by atoms with Crippen molar-refractivity contribution in [2.24, 2.45) is 0 Å². The highest BCUT2D eigenvalue weighted by Gasteiger charge is 2.07. The van der Waals surface area contributed by atoms with E-state index in [9.17, 15) is 4.79 Å². The van der Waals surface area contributed by atoms with Gasteiger partial charge in [0.15, 0.2) is 0 Å². The van der Waals surface area contributed by atoms with Crippen LogP contribution in [0.1, 0.15) is 0 Å². The monoisotopic (exact) mass is 234 g/mol. The number of hydrogen-bond donors (Lipinski definition) is 0. The van der Waals surface area contributed by atoms with Gasteiger partial charge in [0.2, 0.25) is 0 Å². The standard InChI is InChI=1S/C16H10O2/c17-11-12-8-9-14(10-12)18-16-7-3-5-13-4-1-2-6-15(13)16/h1-10H.